The summed E-state index contributed by atoms with van der Waals surface area (Å²) >= 11 is 0. The van der Waals surface area contributed by atoms with Gasteiger partial charge < -0.3 is 10.6 Å². The largest absolute Gasteiger partial charge is 0.370 e. The maximum Gasteiger partial charge on any atom is 0.270 e. The van der Waals surface area contributed by atoms with Crippen LogP contribution in [0.25, 0.3) is 0 Å². The van der Waals surface area contributed by atoms with Gasteiger partial charge in [0.2, 0.25) is 0 Å². The van der Waals surface area contributed by atoms with Gasteiger partial charge in [-0.15, -0.1) is 0 Å². The van der Waals surface area contributed by atoms with Crippen LogP contribution in [0.2, 0.25) is 0 Å². The van der Waals surface area contributed by atoms with Gasteiger partial charge in [-0.25, -0.2) is 9.97 Å². The Morgan fingerprint density at radius 3 is 2.68 bits per heavy atom. The number of amides is 1. The zero-order chi connectivity index (χ0) is 14.3. The third kappa shape index (κ3) is 5.68. The van der Waals surface area contributed by atoms with Crippen LogP contribution in [0, 0.1) is 12.8 Å². The van der Waals surface area contributed by atoms with Crippen molar-refractivity contribution >= 4 is 11.7 Å². The molecule has 5 nitrogen and oxygen atoms in total. The molecule has 1 aromatic heterocycles. The first-order chi connectivity index (χ1) is 9.02. The second-order valence-electron chi connectivity index (χ2n) is 5.05. The molecule has 0 aliphatic rings. The molecule has 0 saturated heterocycles. The third-order valence-electron chi connectivity index (χ3n) is 2.63. The predicted molar refractivity (Wildman–Crippen MR) is 77.3 cm³/mol. The predicted octanol–water partition coefficient (Wildman–Crippen LogP) is 2.38. The summed E-state index contributed by atoms with van der Waals surface area (Å²) in [4.78, 5) is 20.3. The molecule has 0 spiro atoms. The Labute approximate surface area is 115 Å². The van der Waals surface area contributed by atoms with Crippen LogP contribution in [0.1, 0.15) is 49.9 Å². The van der Waals surface area contributed by atoms with Crippen molar-refractivity contribution in [3.8, 4) is 0 Å². The maximum absolute atomic E-state index is 11.9. The average Bonchev–Trinajstić information content (AvgIpc) is 2.34. The Morgan fingerprint density at radius 2 is 2.05 bits per heavy atom. The number of aromatic nitrogens is 2. The first-order valence-electron chi connectivity index (χ1n) is 6.90. The molecule has 5 heteroatoms. The SMILES string of the molecule is CCCNC(=O)c1cc(NCCC(C)C)nc(C)n1. The number of nitrogens with one attached hydrogen (secondary N) is 2. The molecular weight excluding hydrogens is 240 g/mol. The van der Waals surface area contributed by atoms with E-state index in [1.54, 1.807) is 13.0 Å². The Bertz CT molecular complexity index is 418. The lowest BCUT2D eigenvalue weighted by Gasteiger charge is -2.10. The standard InChI is InChI=1S/C14H24N4O/c1-5-7-16-14(19)12-9-13(18-11(4)17-12)15-8-6-10(2)3/h9-10H,5-8H2,1-4H3,(H,16,19)(H,15,17,18). The Hall–Kier alpha value is -1.65. The fraction of sp³-hybridized carbons (Fsp3) is 0.643. The smallest absolute Gasteiger partial charge is 0.270 e. The van der Waals surface area contributed by atoms with Gasteiger partial charge in [-0.3, -0.25) is 4.79 Å². The highest BCUT2D eigenvalue weighted by Gasteiger charge is 2.09. The van der Waals surface area contributed by atoms with E-state index < -0.39 is 0 Å². The highest BCUT2D eigenvalue weighted by atomic mass is 16.1. The van der Waals surface area contributed by atoms with Crippen LogP contribution in [0.3, 0.4) is 0 Å². The van der Waals surface area contributed by atoms with E-state index in [0.29, 0.717) is 24.0 Å². The molecule has 0 bridgehead atoms. The van der Waals surface area contributed by atoms with Crippen molar-refractivity contribution in [2.45, 2.75) is 40.5 Å². The highest BCUT2D eigenvalue weighted by molar-refractivity contribution is 5.92. The monoisotopic (exact) mass is 264 g/mol. The molecule has 0 aliphatic carbocycles. The normalized spacial score (nSPS) is 10.6. The summed E-state index contributed by atoms with van der Waals surface area (Å²) in [5.74, 6) is 1.83. The van der Waals surface area contributed by atoms with Crippen LogP contribution in [0.4, 0.5) is 5.82 Å². The van der Waals surface area contributed by atoms with Gasteiger partial charge in [0.25, 0.3) is 5.91 Å². The molecule has 0 aliphatic heterocycles. The molecule has 0 aromatic carbocycles. The van der Waals surface area contributed by atoms with E-state index in [4.69, 9.17) is 0 Å². The molecule has 0 radical (unpaired) electrons. The number of carbonyl (C=O) groups is 1. The first-order valence-corrected chi connectivity index (χ1v) is 6.90. The van der Waals surface area contributed by atoms with Crippen LogP contribution in [-0.4, -0.2) is 29.0 Å². The third-order valence-corrected chi connectivity index (χ3v) is 2.63. The minimum atomic E-state index is -0.140. The zero-order valence-corrected chi connectivity index (χ0v) is 12.3. The average molecular weight is 264 g/mol. The number of anilines is 1. The number of hydrogen-bond acceptors (Lipinski definition) is 4. The van der Waals surface area contributed by atoms with Crippen molar-refractivity contribution in [3.05, 3.63) is 17.6 Å². The Morgan fingerprint density at radius 1 is 1.32 bits per heavy atom. The van der Waals surface area contributed by atoms with Gasteiger partial charge in [0.15, 0.2) is 0 Å². The van der Waals surface area contributed by atoms with Gasteiger partial charge in [0, 0.05) is 19.2 Å². The summed E-state index contributed by atoms with van der Waals surface area (Å²) in [6.07, 6.45) is 1.98. The molecule has 1 heterocycles. The molecule has 19 heavy (non-hydrogen) atoms. The van der Waals surface area contributed by atoms with E-state index in [1.165, 1.54) is 0 Å². The lowest BCUT2D eigenvalue weighted by atomic mass is 10.1. The number of hydrogen-bond donors (Lipinski definition) is 2. The minimum Gasteiger partial charge on any atom is -0.370 e. The van der Waals surface area contributed by atoms with Crippen molar-refractivity contribution in [3.63, 3.8) is 0 Å². The van der Waals surface area contributed by atoms with Crippen molar-refractivity contribution in [2.24, 2.45) is 5.92 Å². The van der Waals surface area contributed by atoms with Crippen molar-refractivity contribution in [2.75, 3.05) is 18.4 Å². The fourth-order valence-electron chi connectivity index (χ4n) is 1.59. The van der Waals surface area contributed by atoms with Gasteiger partial charge in [-0.05, 0) is 25.7 Å². The summed E-state index contributed by atoms with van der Waals surface area (Å²) < 4.78 is 0. The van der Waals surface area contributed by atoms with Gasteiger partial charge in [0.1, 0.15) is 17.3 Å². The van der Waals surface area contributed by atoms with Crippen LogP contribution >= 0.6 is 0 Å². The summed E-state index contributed by atoms with van der Waals surface area (Å²) in [5, 5.41) is 6.06. The van der Waals surface area contributed by atoms with Crippen LogP contribution in [0.5, 0.6) is 0 Å². The number of carbonyl (C=O) groups excluding carboxylic acids is 1. The molecule has 106 valence electrons. The van der Waals surface area contributed by atoms with Gasteiger partial charge in [-0.2, -0.15) is 0 Å². The fourth-order valence-corrected chi connectivity index (χ4v) is 1.59. The topological polar surface area (TPSA) is 66.9 Å². The van der Waals surface area contributed by atoms with Crippen molar-refractivity contribution in [1.82, 2.24) is 15.3 Å². The van der Waals surface area contributed by atoms with E-state index in [0.717, 1.165) is 25.2 Å². The second-order valence-corrected chi connectivity index (χ2v) is 5.05. The summed E-state index contributed by atoms with van der Waals surface area (Å²) in [7, 11) is 0. The molecule has 0 saturated carbocycles. The van der Waals surface area contributed by atoms with E-state index in [9.17, 15) is 4.79 Å². The van der Waals surface area contributed by atoms with E-state index in [-0.39, 0.29) is 5.91 Å². The lowest BCUT2D eigenvalue weighted by molar-refractivity contribution is 0.0948. The lowest BCUT2D eigenvalue weighted by Crippen LogP contribution is -2.25. The van der Waals surface area contributed by atoms with E-state index in [1.807, 2.05) is 6.92 Å². The molecule has 1 aromatic rings. The first kappa shape index (κ1) is 15.4. The molecular formula is C14H24N4O. The van der Waals surface area contributed by atoms with E-state index in [2.05, 4.69) is 34.4 Å². The maximum atomic E-state index is 11.9. The van der Waals surface area contributed by atoms with Crippen LogP contribution in [-0.2, 0) is 0 Å². The summed E-state index contributed by atoms with van der Waals surface area (Å²) in [5.41, 5.74) is 0.424. The minimum absolute atomic E-state index is 0.140. The van der Waals surface area contributed by atoms with Gasteiger partial charge >= 0.3 is 0 Å². The van der Waals surface area contributed by atoms with Crippen LogP contribution < -0.4 is 10.6 Å². The number of rotatable bonds is 7. The number of nitrogens with zero attached hydrogens (tertiary/aromatic N) is 2. The zero-order valence-electron chi connectivity index (χ0n) is 12.3. The van der Waals surface area contributed by atoms with E-state index >= 15 is 0 Å². The molecule has 0 atom stereocenters. The Kier molecular flexibility index (Phi) is 6.25. The molecule has 2 N–H and O–H groups in total. The van der Waals surface area contributed by atoms with Crippen LogP contribution in [0.15, 0.2) is 6.07 Å². The molecule has 1 rings (SSSR count). The quantitative estimate of drug-likeness (QED) is 0.793. The molecule has 0 unspecified atom stereocenters. The number of aryl methyl sites for hydroxylation is 1. The second kappa shape index (κ2) is 7.71. The van der Waals surface area contributed by atoms with Crippen molar-refractivity contribution < 1.29 is 4.79 Å². The van der Waals surface area contributed by atoms with Gasteiger partial charge in [-0.1, -0.05) is 20.8 Å². The highest BCUT2D eigenvalue weighted by Crippen LogP contribution is 2.08. The summed E-state index contributed by atoms with van der Waals surface area (Å²) in [6, 6.07) is 1.71. The van der Waals surface area contributed by atoms with Gasteiger partial charge in [0.05, 0.1) is 0 Å². The molecule has 1 amide bonds. The summed E-state index contributed by atoms with van der Waals surface area (Å²) in [6.45, 7) is 9.68. The Balaban J connectivity index is 2.68. The van der Waals surface area contributed by atoms with Crippen molar-refractivity contribution in [1.29, 1.82) is 0 Å². The molecule has 0 fully saturated rings.